The van der Waals surface area contributed by atoms with Gasteiger partial charge in [-0.25, -0.2) is 4.79 Å². The standard InChI is InChI=1S/C17H12BrNO6/c1-23-17(20)12(6-10-4-2-3-5-14(10)19(21)22)11-7-15-16(8-13(11)18)25-9-24-15/h2-8H,9H2,1H3. The molecule has 25 heavy (non-hydrogen) atoms. The minimum absolute atomic E-state index is 0.0899. The van der Waals surface area contributed by atoms with E-state index in [1.807, 2.05) is 0 Å². The molecule has 0 aliphatic carbocycles. The molecular formula is C17H12BrNO6. The number of nitrogens with zero attached hydrogens (tertiary/aromatic N) is 1. The van der Waals surface area contributed by atoms with Gasteiger partial charge in [-0.3, -0.25) is 10.1 Å². The molecule has 1 aliphatic heterocycles. The van der Waals surface area contributed by atoms with Crippen molar-refractivity contribution in [1.29, 1.82) is 0 Å². The third-order valence-electron chi connectivity index (χ3n) is 3.59. The summed E-state index contributed by atoms with van der Waals surface area (Å²) in [6.07, 6.45) is 1.42. The van der Waals surface area contributed by atoms with Crippen molar-refractivity contribution in [2.75, 3.05) is 13.9 Å². The third-order valence-corrected chi connectivity index (χ3v) is 4.25. The summed E-state index contributed by atoms with van der Waals surface area (Å²) in [5.74, 6) is 0.402. The van der Waals surface area contributed by atoms with Crippen LogP contribution in [0.3, 0.4) is 0 Å². The number of esters is 1. The maximum absolute atomic E-state index is 12.3. The zero-order valence-corrected chi connectivity index (χ0v) is 14.6. The molecular weight excluding hydrogens is 394 g/mol. The molecule has 0 radical (unpaired) electrons. The number of fused-ring (bicyclic) bond motifs is 1. The summed E-state index contributed by atoms with van der Waals surface area (Å²) in [6, 6.07) is 9.45. The lowest BCUT2D eigenvalue weighted by atomic mass is 10.0. The number of para-hydroxylation sites is 1. The van der Waals surface area contributed by atoms with E-state index < -0.39 is 10.9 Å². The fraction of sp³-hybridized carbons (Fsp3) is 0.118. The molecule has 2 aromatic carbocycles. The molecule has 0 unspecified atom stereocenters. The van der Waals surface area contributed by atoms with Gasteiger partial charge in [-0.05, 0) is 24.3 Å². The second-order valence-corrected chi connectivity index (χ2v) is 5.91. The molecule has 0 spiro atoms. The van der Waals surface area contributed by atoms with E-state index >= 15 is 0 Å². The van der Waals surface area contributed by atoms with Gasteiger partial charge in [-0.1, -0.05) is 28.1 Å². The first-order valence-corrected chi connectivity index (χ1v) is 7.93. The molecule has 0 aromatic heterocycles. The number of nitro groups is 1. The Balaban J connectivity index is 2.17. The summed E-state index contributed by atoms with van der Waals surface area (Å²) >= 11 is 3.39. The van der Waals surface area contributed by atoms with E-state index in [-0.39, 0.29) is 23.6 Å². The Morgan fingerprint density at radius 1 is 1.28 bits per heavy atom. The summed E-state index contributed by atoms with van der Waals surface area (Å²) in [4.78, 5) is 23.0. The largest absolute Gasteiger partial charge is 0.465 e. The van der Waals surface area contributed by atoms with Crippen molar-refractivity contribution >= 4 is 39.2 Å². The molecule has 1 aliphatic rings. The van der Waals surface area contributed by atoms with Gasteiger partial charge in [0.2, 0.25) is 6.79 Å². The second-order valence-electron chi connectivity index (χ2n) is 5.05. The summed E-state index contributed by atoms with van der Waals surface area (Å²) < 4.78 is 16.1. The zero-order valence-electron chi connectivity index (χ0n) is 13.0. The number of hydrogen-bond acceptors (Lipinski definition) is 6. The smallest absolute Gasteiger partial charge is 0.338 e. The van der Waals surface area contributed by atoms with Crippen molar-refractivity contribution in [3.8, 4) is 11.5 Å². The van der Waals surface area contributed by atoms with Crippen LogP contribution in [0.4, 0.5) is 5.69 Å². The maximum Gasteiger partial charge on any atom is 0.338 e. The van der Waals surface area contributed by atoms with E-state index in [1.54, 1.807) is 30.3 Å². The molecule has 0 saturated heterocycles. The highest BCUT2D eigenvalue weighted by molar-refractivity contribution is 9.10. The highest BCUT2D eigenvalue weighted by Gasteiger charge is 2.23. The number of benzene rings is 2. The lowest BCUT2D eigenvalue weighted by Gasteiger charge is -2.10. The van der Waals surface area contributed by atoms with Crippen LogP contribution in [-0.4, -0.2) is 24.8 Å². The van der Waals surface area contributed by atoms with Crippen molar-refractivity contribution in [2.24, 2.45) is 0 Å². The first-order valence-electron chi connectivity index (χ1n) is 7.14. The number of methoxy groups -OCH3 is 1. The van der Waals surface area contributed by atoms with Gasteiger partial charge in [0.05, 0.1) is 23.2 Å². The lowest BCUT2D eigenvalue weighted by Crippen LogP contribution is -2.05. The number of nitro benzene ring substituents is 1. The number of carbonyl (C=O) groups excluding carboxylic acids is 1. The fourth-order valence-corrected chi connectivity index (χ4v) is 2.95. The molecule has 0 N–H and O–H groups in total. The summed E-state index contributed by atoms with van der Waals surface area (Å²) in [7, 11) is 1.25. The Bertz CT molecular complexity index is 893. The van der Waals surface area contributed by atoms with E-state index in [0.717, 1.165) is 0 Å². The highest BCUT2D eigenvalue weighted by atomic mass is 79.9. The number of hydrogen-bond donors (Lipinski definition) is 0. The van der Waals surface area contributed by atoms with E-state index in [9.17, 15) is 14.9 Å². The predicted molar refractivity (Wildman–Crippen MR) is 93.2 cm³/mol. The highest BCUT2D eigenvalue weighted by Crippen LogP contribution is 2.40. The predicted octanol–water partition coefficient (Wildman–Crippen LogP) is 3.80. The third kappa shape index (κ3) is 3.34. The molecule has 2 aromatic rings. The van der Waals surface area contributed by atoms with Crippen molar-refractivity contribution in [1.82, 2.24) is 0 Å². The Labute approximate surface area is 151 Å². The van der Waals surface area contributed by atoms with Crippen LogP contribution in [0.25, 0.3) is 11.6 Å². The van der Waals surface area contributed by atoms with Gasteiger partial charge in [-0.2, -0.15) is 0 Å². The molecule has 3 rings (SSSR count). The van der Waals surface area contributed by atoms with Gasteiger partial charge in [0.1, 0.15) is 0 Å². The van der Waals surface area contributed by atoms with Gasteiger partial charge in [-0.15, -0.1) is 0 Å². The van der Waals surface area contributed by atoms with E-state index in [4.69, 9.17) is 14.2 Å². The second kappa shape index (κ2) is 6.94. The number of rotatable bonds is 4. The molecule has 8 heteroatoms. The first-order chi connectivity index (χ1) is 12.0. The Morgan fingerprint density at radius 3 is 2.64 bits per heavy atom. The van der Waals surface area contributed by atoms with Gasteiger partial charge < -0.3 is 14.2 Å². The van der Waals surface area contributed by atoms with E-state index in [2.05, 4.69) is 15.9 Å². The summed E-state index contributed by atoms with van der Waals surface area (Å²) in [5, 5.41) is 11.2. The molecule has 0 fully saturated rings. The Kier molecular flexibility index (Phi) is 4.71. The minimum atomic E-state index is -0.627. The van der Waals surface area contributed by atoms with Crippen molar-refractivity contribution in [2.45, 2.75) is 0 Å². The van der Waals surface area contributed by atoms with E-state index in [0.29, 0.717) is 21.5 Å². The zero-order chi connectivity index (χ0) is 18.0. The average Bonchev–Trinajstić information content (AvgIpc) is 3.05. The molecule has 128 valence electrons. The quantitative estimate of drug-likeness (QED) is 0.252. The topological polar surface area (TPSA) is 87.9 Å². The van der Waals surface area contributed by atoms with Crippen LogP contribution < -0.4 is 9.47 Å². The van der Waals surface area contributed by atoms with Gasteiger partial charge in [0.25, 0.3) is 5.69 Å². The SMILES string of the molecule is COC(=O)C(=Cc1ccccc1[N+](=O)[O-])c1cc2c(cc1Br)OCO2. The first kappa shape index (κ1) is 17.0. The van der Waals surface area contributed by atoms with Crippen LogP contribution in [0.5, 0.6) is 11.5 Å². The fourth-order valence-electron chi connectivity index (χ4n) is 2.41. The van der Waals surface area contributed by atoms with Crippen LogP contribution in [0.15, 0.2) is 40.9 Å². The van der Waals surface area contributed by atoms with Gasteiger partial charge >= 0.3 is 5.97 Å². The molecule has 0 amide bonds. The molecule has 0 atom stereocenters. The average molecular weight is 406 g/mol. The maximum atomic E-state index is 12.3. The summed E-state index contributed by atoms with van der Waals surface area (Å²) in [5.41, 5.74) is 0.814. The normalized spacial score (nSPS) is 12.8. The molecule has 1 heterocycles. The van der Waals surface area contributed by atoms with Crippen LogP contribution in [0.1, 0.15) is 11.1 Å². The van der Waals surface area contributed by atoms with Crippen LogP contribution >= 0.6 is 15.9 Å². The minimum Gasteiger partial charge on any atom is -0.465 e. The van der Waals surface area contributed by atoms with E-state index in [1.165, 1.54) is 19.3 Å². The van der Waals surface area contributed by atoms with Gasteiger partial charge in [0, 0.05) is 16.1 Å². The number of halogens is 1. The van der Waals surface area contributed by atoms with Crippen molar-refractivity contribution < 1.29 is 23.9 Å². The monoisotopic (exact) mass is 405 g/mol. The van der Waals surface area contributed by atoms with Crippen LogP contribution in [-0.2, 0) is 9.53 Å². The van der Waals surface area contributed by atoms with Crippen molar-refractivity contribution in [3.05, 3.63) is 62.1 Å². The summed E-state index contributed by atoms with van der Waals surface area (Å²) in [6.45, 7) is 0.0899. The van der Waals surface area contributed by atoms with Gasteiger partial charge in [0.15, 0.2) is 11.5 Å². The lowest BCUT2D eigenvalue weighted by molar-refractivity contribution is -0.385. The number of carbonyl (C=O) groups is 1. The molecule has 7 nitrogen and oxygen atoms in total. The van der Waals surface area contributed by atoms with Crippen LogP contribution in [0, 0.1) is 10.1 Å². The Hall–Kier alpha value is -2.87. The van der Waals surface area contributed by atoms with Crippen LogP contribution in [0.2, 0.25) is 0 Å². The molecule has 0 bridgehead atoms. The Morgan fingerprint density at radius 2 is 1.96 bits per heavy atom. The molecule has 0 saturated carbocycles. The van der Waals surface area contributed by atoms with Crippen molar-refractivity contribution in [3.63, 3.8) is 0 Å². The number of ether oxygens (including phenoxy) is 3.